The number of carbonyl (C=O) groups excluding carboxylic acids is 3. The number of nitrogens with one attached hydrogen (secondary N) is 1. The molecule has 234 valence electrons. The third-order valence-corrected chi connectivity index (χ3v) is 9.47. The summed E-state index contributed by atoms with van der Waals surface area (Å²) in [6.45, 7) is 3.26. The predicted octanol–water partition coefficient (Wildman–Crippen LogP) is 2.52. The highest BCUT2D eigenvalue weighted by atomic mass is 35.5. The molecule has 0 fully saturated rings. The molecular formula is C32H37ClN4O7. The van der Waals surface area contributed by atoms with Crippen molar-refractivity contribution in [1.82, 2.24) is 10.2 Å². The van der Waals surface area contributed by atoms with Crippen LogP contribution in [0.5, 0.6) is 5.75 Å². The van der Waals surface area contributed by atoms with Gasteiger partial charge in [-0.1, -0.05) is 23.7 Å². The van der Waals surface area contributed by atoms with Crippen LogP contribution in [0.25, 0.3) is 0 Å². The van der Waals surface area contributed by atoms with Crippen molar-refractivity contribution in [2.45, 2.75) is 44.5 Å². The lowest BCUT2D eigenvalue weighted by molar-refractivity contribution is -0.148. The topological polar surface area (TPSA) is 177 Å². The molecule has 0 bridgehead atoms. The van der Waals surface area contributed by atoms with Gasteiger partial charge in [0, 0.05) is 54.4 Å². The number of benzene rings is 2. The van der Waals surface area contributed by atoms with Crippen molar-refractivity contribution in [1.29, 1.82) is 0 Å². The number of anilines is 1. The Morgan fingerprint density at radius 2 is 1.77 bits per heavy atom. The van der Waals surface area contributed by atoms with Crippen LogP contribution in [0.15, 0.2) is 53.0 Å². The first-order valence-corrected chi connectivity index (χ1v) is 14.8. The number of hydrogen-bond donors (Lipinski definition) is 6. The van der Waals surface area contributed by atoms with Crippen LogP contribution in [0, 0.1) is 11.8 Å². The number of primary amides is 1. The normalized spacial score (nSPS) is 24.8. The molecule has 11 nitrogen and oxygen atoms in total. The van der Waals surface area contributed by atoms with E-state index in [2.05, 4.69) is 5.32 Å². The van der Waals surface area contributed by atoms with Crippen LogP contribution in [0.2, 0.25) is 5.02 Å². The maximum absolute atomic E-state index is 14.2. The maximum atomic E-state index is 14.2. The number of ketones is 2. The van der Waals surface area contributed by atoms with Crippen LogP contribution in [0.3, 0.4) is 0 Å². The number of rotatable bonds is 8. The standard InChI is InChI=1S/C32H37ClN4O7/c1-5-37(4)21-12-17(14-35-13-15-6-8-18(33)9-7-15)26(38)23-19(21)10-16-11-20-25(36(2)3)28(40)24(31(34)43)30(42)32(20,44)29(41)22(16)27(23)39/h6-9,12,16,20,25,35,38,40-41,44H,5,10-11,13-14H2,1-4H3,(H2,34,43)/t16-,20-,25-,32-/m0/s1. The van der Waals surface area contributed by atoms with Gasteiger partial charge in [-0.25, -0.2) is 0 Å². The van der Waals surface area contributed by atoms with Crippen molar-refractivity contribution in [3.63, 3.8) is 0 Å². The first kappa shape index (κ1) is 31.5. The van der Waals surface area contributed by atoms with E-state index in [1.807, 2.05) is 37.1 Å². The average molecular weight is 625 g/mol. The molecule has 0 saturated heterocycles. The largest absolute Gasteiger partial charge is 0.510 e. The molecule has 4 atom stereocenters. The second-order valence-corrected chi connectivity index (χ2v) is 12.4. The zero-order chi connectivity index (χ0) is 32.2. The van der Waals surface area contributed by atoms with E-state index < -0.39 is 58.0 Å². The van der Waals surface area contributed by atoms with Gasteiger partial charge in [-0.15, -0.1) is 0 Å². The summed E-state index contributed by atoms with van der Waals surface area (Å²) in [5.74, 6) is -6.68. The Labute approximate surface area is 260 Å². The Kier molecular flexibility index (Phi) is 8.27. The number of halogens is 1. The molecule has 0 radical (unpaired) electrons. The summed E-state index contributed by atoms with van der Waals surface area (Å²) >= 11 is 5.98. The summed E-state index contributed by atoms with van der Waals surface area (Å²) < 4.78 is 0. The van der Waals surface area contributed by atoms with Crippen LogP contribution < -0.4 is 16.0 Å². The summed E-state index contributed by atoms with van der Waals surface area (Å²) in [5, 5.41) is 49.7. The molecule has 3 aliphatic rings. The highest BCUT2D eigenvalue weighted by Crippen LogP contribution is 2.53. The Bertz CT molecular complexity index is 1620. The van der Waals surface area contributed by atoms with Gasteiger partial charge in [0.15, 0.2) is 11.4 Å². The molecule has 0 spiro atoms. The van der Waals surface area contributed by atoms with Gasteiger partial charge in [-0.3, -0.25) is 19.3 Å². The van der Waals surface area contributed by atoms with Crippen molar-refractivity contribution in [3.05, 3.63) is 80.3 Å². The van der Waals surface area contributed by atoms with E-state index in [1.165, 1.54) is 4.90 Å². The molecular weight excluding hydrogens is 588 g/mol. The highest BCUT2D eigenvalue weighted by molar-refractivity contribution is 6.30. The minimum atomic E-state index is -2.68. The van der Waals surface area contributed by atoms with E-state index in [0.29, 0.717) is 29.2 Å². The van der Waals surface area contributed by atoms with Crippen molar-refractivity contribution < 1.29 is 34.8 Å². The highest BCUT2D eigenvalue weighted by Gasteiger charge is 2.63. The number of amides is 1. The number of Topliss-reactive ketones (excluding diaryl/α,β-unsaturated/α-hetero) is 2. The molecule has 7 N–H and O–H groups in total. The third-order valence-electron chi connectivity index (χ3n) is 9.22. The second kappa shape index (κ2) is 11.6. The quantitative estimate of drug-likeness (QED) is 0.239. The number of allylic oxidation sites excluding steroid dienone is 1. The fourth-order valence-corrected chi connectivity index (χ4v) is 7.07. The Morgan fingerprint density at radius 1 is 1.11 bits per heavy atom. The molecule has 0 saturated carbocycles. The average Bonchev–Trinajstić information content (AvgIpc) is 2.96. The zero-order valence-corrected chi connectivity index (χ0v) is 25.8. The first-order chi connectivity index (χ1) is 20.7. The summed E-state index contributed by atoms with van der Waals surface area (Å²) in [4.78, 5) is 43.5. The minimum absolute atomic E-state index is 0.00752. The smallest absolute Gasteiger partial charge is 0.255 e. The summed E-state index contributed by atoms with van der Waals surface area (Å²) in [6, 6.07) is 8.12. The van der Waals surface area contributed by atoms with E-state index in [1.54, 1.807) is 26.2 Å². The van der Waals surface area contributed by atoms with Gasteiger partial charge < -0.3 is 36.4 Å². The Morgan fingerprint density at radius 3 is 2.36 bits per heavy atom. The fraction of sp³-hybridized carbons (Fsp3) is 0.406. The molecule has 5 rings (SSSR count). The van der Waals surface area contributed by atoms with Crippen LogP contribution in [0.1, 0.15) is 40.4 Å². The number of nitrogens with zero attached hydrogens (tertiary/aromatic N) is 2. The predicted molar refractivity (Wildman–Crippen MR) is 165 cm³/mol. The van der Waals surface area contributed by atoms with Crippen molar-refractivity contribution in [2.75, 3.05) is 32.6 Å². The Hall–Kier alpha value is -3.90. The number of aromatic hydroxyl groups is 1. The molecule has 0 aromatic heterocycles. The van der Waals surface area contributed by atoms with Crippen molar-refractivity contribution in [2.24, 2.45) is 17.6 Å². The Balaban J connectivity index is 1.61. The van der Waals surface area contributed by atoms with Crippen molar-refractivity contribution >= 4 is 34.8 Å². The lowest BCUT2D eigenvalue weighted by Crippen LogP contribution is -2.63. The molecule has 44 heavy (non-hydrogen) atoms. The monoisotopic (exact) mass is 624 g/mol. The SMILES string of the molecule is CCN(C)c1cc(CNCc2ccc(Cl)cc2)c(O)c2c1C[C@H]1C[C@H]3[C@H](N(C)C)C(O)=C(C(N)=O)C(=O)[C@@]3(O)C(O)=C1C2=O. The van der Waals surface area contributed by atoms with Gasteiger partial charge in [-0.2, -0.15) is 0 Å². The third kappa shape index (κ3) is 4.84. The van der Waals surface area contributed by atoms with Crippen molar-refractivity contribution in [3.8, 4) is 5.75 Å². The molecule has 0 aliphatic heterocycles. The van der Waals surface area contributed by atoms with E-state index in [9.17, 15) is 34.8 Å². The number of aliphatic hydroxyl groups excluding tert-OH is 2. The zero-order valence-electron chi connectivity index (χ0n) is 25.0. The van der Waals surface area contributed by atoms with Crippen LogP contribution in [-0.4, -0.2) is 82.1 Å². The summed E-state index contributed by atoms with van der Waals surface area (Å²) in [5.41, 5.74) is 4.47. The van der Waals surface area contributed by atoms with Crippen LogP contribution in [0.4, 0.5) is 5.69 Å². The van der Waals surface area contributed by atoms with Crippen LogP contribution in [-0.2, 0) is 29.1 Å². The first-order valence-electron chi connectivity index (χ1n) is 14.4. The van der Waals surface area contributed by atoms with E-state index in [4.69, 9.17) is 17.3 Å². The number of nitrogens with two attached hydrogens (primary N) is 1. The van der Waals surface area contributed by atoms with Gasteiger partial charge in [0.05, 0.1) is 11.6 Å². The van der Waals surface area contributed by atoms with Gasteiger partial charge in [0.1, 0.15) is 22.8 Å². The van der Waals surface area contributed by atoms with E-state index in [0.717, 1.165) is 11.3 Å². The molecule has 0 unspecified atom stereocenters. The van der Waals surface area contributed by atoms with E-state index >= 15 is 0 Å². The summed E-state index contributed by atoms with van der Waals surface area (Å²) in [6.07, 6.45) is 0.256. The van der Waals surface area contributed by atoms with Gasteiger partial charge in [0.2, 0.25) is 5.78 Å². The number of fused-ring (bicyclic) bond motifs is 3. The number of phenolic OH excluding ortho intramolecular Hbond substituents is 1. The number of hydrogen-bond acceptors (Lipinski definition) is 10. The second-order valence-electron chi connectivity index (χ2n) is 12.0. The molecule has 1 amide bonds. The summed E-state index contributed by atoms with van der Waals surface area (Å²) in [7, 11) is 5.07. The number of carbonyl (C=O) groups is 3. The van der Waals surface area contributed by atoms with Gasteiger partial charge in [-0.05, 0) is 69.1 Å². The molecule has 2 aromatic rings. The van der Waals surface area contributed by atoms with Crippen LogP contribution >= 0.6 is 11.6 Å². The number of likely N-dealkylation sites (N-methyl/N-ethyl adjacent to an activating group) is 1. The minimum Gasteiger partial charge on any atom is -0.510 e. The maximum Gasteiger partial charge on any atom is 0.255 e. The van der Waals surface area contributed by atoms with E-state index in [-0.39, 0.29) is 36.3 Å². The number of aliphatic hydroxyl groups is 3. The lowest BCUT2D eigenvalue weighted by atomic mass is 9.58. The van der Waals surface area contributed by atoms with Gasteiger partial charge in [0.25, 0.3) is 5.91 Å². The fourth-order valence-electron chi connectivity index (χ4n) is 6.94. The van der Waals surface area contributed by atoms with Gasteiger partial charge >= 0.3 is 0 Å². The molecule has 12 heteroatoms. The number of phenols is 1. The molecule has 0 heterocycles. The lowest BCUT2D eigenvalue weighted by Gasteiger charge is -2.50. The molecule has 3 aliphatic carbocycles. The molecule has 2 aromatic carbocycles.